The van der Waals surface area contributed by atoms with E-state index in [1.54, 1.807) is 12.3 Å². The monoisotopic (exact) mass is 389 g/mol. The number of benzene rings is 1. The molecule has 3 rings (SSSR count). The molecule has 0 saturated heterocycles. The van der Waals surface area contributed by atoms with Crippen molar-refractivity contribution in [1.29, 1.82) is 0 Å². The van der Waals surface area contributed by atoms with E-state index in [0.29, 0.717) is 24.1 Å². The van der Waals surface area contributed by atoms with Crippen molar-refractivity contribution in [1.82, 2.24) is 15.1 Å². The van der Waals surface area contributed by atoms with E-state index >= 15 is 0 Å². The molecule has 0 fully saturated rings. The van der Waals surface area contributed by atoms with Gasteiger partial charge in [-0.05, 0) is 43.7 Å². The summed E-state index contributed by atoms with van der Waals surface area (Å²) in [4.78, 5) is 2.33. The third kappa shape index (κ3) is 3.76. The molecular formula is C18H20BrN3O2. The maximum atomic E-state index is 5.75. The molecule has 0 spiro atoms. The highest BCUT2D eigenvalue weighted by molar-refractivity contribution is 9.10. The summed E-state index contributed by atoms with van der Waals surface area (Å²) in [6, 6.07) is 12.1. The van der Waals surface area contributed by atoms with Crippen molar-refractivity contribution >= 4 is 15.9 Å². The zero-order valence-corrected chi connectivity index (χ0v) is 15.4. The maximum absolute atomic E-state index is 5.75. The molecule has 0 amide bonds. The molecule has 24 heavy (non-hydrogen) atoms. The summed E-state index contributed by atoms with van der Waals surface area (Å²) in [6.07, 6.45) is 2.64. The fourth-order valence-corrected chi connectivity index (χ4v) is 3.31. The van der Waals surface area contributed by atoms with Crippen LogP contribution in [0.1, 0.15) is 37.8 Å². The minimum absolute atomic E-state index is 0.236. The molecule has 0 bridgehead atoms. The number of aromatic nitrogens is 2. The highest BCUT2D eigenvalue weighted by atomic mass is 79.9. The number of nitrogens with zero attached hydrogens (tertiary/aromatic N) is 3. The Balaban J connectivity index is 1.78. The minimum Gasteiger partial charge on any atom is -0.459 e. The van der Waals surface area contributed by atoms with Crippen molar-refractivity contribution in [3.05, 3.63) is 58.6 Å². The fourth-order valence-electron chi connectivity index (χ4n) is 2.70. The zero-order chi connectivity index (χ0) is 16.9. The van der Waals surface area contributed by atoms with Gasteiger partial charge in [-0.2, -0.15) is 0 Å². The quantitative estimate of drug-likeness (QED) is 0.564. The number of hydrogen-bond donors (Lipinski definition) is 0. The average Bonchev–Trinajstić information content (AvgIpc) is 3.25. The highest BCUT2D eigenvalue weighted by Gasteiger charge is 2.20. The molecule has 0 radical (unpaired) electrons. The van der Waals surface area contributed by atoms with Crippen molar-refractivity contribution in [2.75, 3.05) is 6.54 Å². The lowest BCUT2D eigenvalue weighted by Gasteiger charge is -2.28. The smallest absolute Gasteiger partial charge is 0.283 e. The Kier molecular flexibility index (Phi) is 5.48. The van der Waals surface area contributed by atoms with Crippen LogP contribution in [0, 0.1) is 0 Å². The number of hydrogen-bond acceptors (Lipinski definition) is 5. The minimum atomic E-state index is 0.236. The van der Waals surface area contributed by atoms with Crippen LogP contribution in [0.15, 0.2) is 56.0 Å². The van der Waals surface area contributed by atoms with E-state index in [4.69, 9.17) is 8.83 Å². The number of rotatable bonds is 7. The molecule has 0 N–H and O–H groups in total. The summed E-state index contributed by atoms with van der Waals surface area (Å²) in [6.45, 7) is 5.91. The fraction of sp³-hybridized carbons (Fsp3) is 0.333. The van der Waals surface area contributed by atoms with Crippen LogP contribution in [0.4, 0.5) is 0 Å². The Morgan fingerprint density at radius 3 is 2.71 bits per heavy atom. The molecule has 5 nitrogen and oxygen atoms in total. The van der Waals surface area contributed by atoms with Gasteiger partial charge in [0.05, 0.1) is 12.8 Å². The molecule has 3 aromatic rings. The predicted octanol–water partition coefficient (Wildman–Crippen LogP) is 5.07. The molecular weight excluding hydrogens is 370 g/mol. The van der Waals surface area contributed by atoms with Gasteiger partial charge in [0.15, 0.2) is 5.76 Å². The Morgan fingerprint density at radius 2 is 2.00 bits per heavy atom. The Morgan fingerprint density at radius 1 is 1.17 bits per heavy atom. The maximum Gasteiger partial charge on any atom is 0.283 e. The molecule has 0 aliphatic rings. The van der Waals surface area contributed by atoms with Gasteiger partial charge in [0.25, 0.3) is 5.89 Å². The van der Waals surface area contributed by atoms with Crippen LogP contribution in [0.2, 0.25) is 0 Å². The topological polar surface area (TPSA) is 55.3 Å². The van der Waals surface area contributed by atoms with Gasteiger partial charge in [-0.15, -0.1) is 10.2 Å². The van der Waals surface area contributed by atoms with Crippen LogP contribution < -0.4 is 0 Å². The van der Waals surface area contributed by atoms with Gasteiger partial charge in [-0.1, -0.05) is 41.1 Å². The predicted molar refractivity (Wildman–Crippen MR) is 95.3 cm³/mol. The summed E-state index contributed by atoms with van der Waals surface area (Å²) >= 11 is 3.64. The van der Waals surface area contributed by atoms with E-state index in [-0.39, 0.29) is 6.04 Å². The summed E-state index contributed by atoms with van der Waals surface area (Å²) in [7, 11) is 0. The van der Waals surface area contributed by atoms with E-state index in [0.717, 1.165) is 17.4 Å². The average molecular weight is 390 g/mol. The van der Waals surface area contributed by atoms with Crippen molar-refractivity contribution in [2.45, 2.75) is 32.9 Å². The van der Waals surface area contributed by atoms with Crippen LogP contribution in [0.5, 0.6) is 0 Å². The zero-order valence-electron chi connectivity index (χ0n) is 13.8. The van der Waals surface area contributed by atoms with Crippen LogP contribution in [0.3, 0.4) is 0 Å². The number of furan rings is 1. The molecule has 6 heteroatoms. The first-order valence-electron chi connectivity index (χ1n) is 8.03. The normalized spacial score (nSPS) is 12.7. The lowest BCUT2D eigenvalue weighted by atomic mass is 10.1. The third-order valence-corrected chi connectivity index (χ3v) is 4.67. The van der Waals surface area contributed by atoms with Gasteiger partial charge in [0.1, 0.15) is 0 Å². The molecule has 0 saturated carbocycles. The van der Waals surface area contributed by atoms with E-state index in [1.807, 2.05) is 12.1 Å². The van der Waals surface area contributed by atoms with Crippen LogP contribution in [0.25, 0.3) is 11.7 Å². The first-order valence-corrected chi connectivity index (χ1v) is 8.83. The molecule has 2 heterocycles. The molecule has 1 atom stereocenters. The Labute approximate surface area is 149 Å². The van der Waals surface area contributed by atoms with Gasteiger partial charge in [0, 0.05) is 10.5 Å². The second kappa shape index (κ2) is 7.77. The van der Waals surface area contributed by atoms with E-state index in [1.165, 1.54) is 5.56 Å². The van der Waals surface area contributed by atoms with Crippen LogP contribution in [-0.4, -0.2) is 21.6 Å². The molecule has 0 aliphatic carbocycles. The van der Waals surface area contributed by atoms with Gasteiger partial charge in [-0.25, -0.2) is 0 Å². The van der Waals surface area contributed by atoms with Crippen molar-refractivity contribution in [3.8, 4) is 11.7 Å². The summed E-state index contributed by atoms with van der Waals surface area (Å²) in [5, 5.41) is 8.24. The SMILES string of the molecule is CCCN(Cc1nnc(-c2ccco2)o1)C(C)c1ccccc1Br. The summed E-state index contributed by atoms with van der Waals surface area (Å²) in [5.74, 6) is 1.60. The molecule has 1 aromatic carbocycles. The molecule has 2 aromatic heterocycles. The first-order chi connectivity index (χ1) is 11.7. The lowest BCUT2D eigenvalue weighted by molar-refractivity contribution is 0.182. The lowest BCUT2D eigenvalue weighted by Crippen LogP contribution is -2.28. The van der Waals surface area contributed by atoms with Crippen molar-refractivity contribution in [3.63, 3.8) is 0 Å². The van der Waals surface area contributed by atoms with Crippen molar-refractivity contribution in [2.24, 2.45) is 0 Å². The first kappa shape index (κ1) is 16.9. The standard InChI is InChI=1S/C18H20BrN3O2/c1-3-10-22(13(2)14-7-4-5-8-15(14)19)12-17-20-21-18(24-17)16-9-6-11-23-16/h4-9,11,13H,3,10,12H2,1-2H3. The van der Waals surface area contributed by atoms with Gasteiger partial charge in [0.2, 0.25) is 5.89 Å². The molecule has 1 unspecified atom stereocenters. The molecule has 126 valence electrons. The second-order valence-electron chi connectivity index (χ2n) is 5.65. The molecule has 0 aliphatic heterocycles. The van der Waals surface area contributed by atoms with E-state index in [2.05, 4.69) is 63.1 Å². The van der Waals surface area contributed by atoms with Gasteiger partial charge < -0.3 is 8.83 Å². The van der Waals surface area contributed by atoms with E-state index in [9.17, 15) is 0 Å². The second-order valence-corrected chi connectivity index (χ2v) is 6.50. The van der Waals surface area contributed by atoms with Crippen molar-refractivity contribution < 1.29 is 8.83 Å². The van der Waals surface area contributed by atoms with E-state index < -0.39 is 0 Å². The Hall–Kier alpha value is -1.92. The number of halogens is 1. The third-order valence-electron chi connectivity index (χ3n) is 3.95. The largest absolute Gasteiger partial charge is 0.459 e. The van der Waals surface area contributed by atoms with Crippen LogP contribution in [-0.2, 0) is 6.54 Å². The Bertz CT molecular complexity index is 770. The van der Waals surface area contributed by atoms with Gasteiger partial charge in [-0.3, -0.25) is 4.90 Å². The van der Waals surface area contributed by atoms with Gasteiger partial charge >= 0.3 is 0 Å². The summed E-state index contributed by atoms with van der Waals surface area (Å²) < 4.78 is 12.2. The summed E-state index contributed by atoms with van der Waals surface area (Å²) in [5.41, 5.74) is 1.25. The van der Waals surface area contributed by atoms with Crippen LogP contribution >= 0.6 is 15.9 Å². The highest BCUT2D eigenvalue weighted by Crippen LogP contribution is 2.29.